The third-order valence-corrected chi connectivity index (χ3v) is 3.33. The van der Waals surface area contributed by atoms with Crippen molar-refractivity contribution in [1.82, 2.24) is 9.97 Å². The zero-order valence-electron chi connectivity index (χ0n) is 11.2. The Balaban J connectivity index is 2.17. The van der Waals surface area contributed by atoms with Crippen molar-refractivity contribution in [1.29, 1.82) is 5.26 Å². The van der Waals surface area contributed by atoms with Gasteiger partial charge in [0.25, 0.3) is 5.56 Å². The third kappa shape index (κ3) is 3.95. The van der Waals surface area contributed by atoms with Gasteiger partial charge in [-0.2, -0.15) is 5.26 Å². The van der Waals surface area contributed by atoms with E-state index in [1.807, 2.05) is 6.07 Å². The zero-order chi connectivity index (χ0) is 15.1. The molecule has 7 nitrogen and oxygen atoms in total. The van der Waals surface area contributed by atoms with Gasteiger partial charge in [0.2, 0.25) is 0 Å². The van der Waals surface area contributed by atoms with Crippen LogP contribution in [-0.2, 0) is 4.74 Å². The first-order chi connectivity index (χ1) is 10.3. The van der Waals surface area contributed by atoms with Crippen LogP contribution >= 0.6 is 11.8 Å². The minimum absolute atomic E-state index is 0.0614. The van der Waals surface area contributed by atoms with Gasteiger partial charge in [-0.05, 0) is 12.1 Å². The Morgan fingerprint density at radius 1 is 1.52 bits per heavy atom. The van der Waals surface area contributed by atoms with E-state index in [1.165, 1.54) is 18.0 Å². The van der Waals surface area contributed by atoms with E-state index in [-0.39, 0.29) is 11.3 Å². The molecule has 2 aromatic rings. The molecule has 0 aliphatic rings. The van der Waals surface area contributed by atoms with Crippen molar-refractivity contribution in [3.8, 4) is 17.5 Å². The van der Waals surface area contributed by atoms with Gasteiger partial charge in [0.1, 0.15) is 17.3 Å². The van der Waals surface area contributed by atoms with Gasteiger partial charge in [-0.25, -0.2) is 4.98 Å². The van der Waals surface area contributed by atoms with E-state index in [4.69, 9.17) is 20.1 Å². The van der Waals surface area contributed by atoms with Crippen LogP contribution in [0.3, 0.4) is 0 Å². The fraction of sp³-hybridized carbons (Fsp3) is 0.308. The number of thioether (sulfide) groups is 1. The summed E-state index contributed by atoms with van der Waals surface area (Å²) in [5, 5.41) is 9.49. The molecular formula is C13H14N4O3S. The second-order valence-corrected chi connectivity index (χ2v) is 5.02. The lowest BCUT2D eigenvalue weighted by Gasteiger charge is -2.05. The lowest BCUT2D eigenvalue weighted by molar-refractivity contribution is 0.158. The predicted octanol–water partition coefficient (Wildman–Crippen LogP) is 0.969. The van der Waals surface area contributed by atoms with Crippen molar-refractivity contribution in [2.75, 3.05) is 25.5 Å². The van der Waals surface area contributed by atoms with Crippen LogP contribution < -0.4 is 11.3 Å². The van der Waals surface area contributed by atoms with Crippen LogP contribution in [0.5, 0.6) is 0 Å². The van der Waals surface area contributed by atoms with Gasteiger partial charge in [0, 0.05) is 12.3 Å². The molecule has 2 heterocycles. The summed E-state index contributed by atoms with van der Waals surface area (Å²) in [6.45, 7) is 1.47. The van der Waals surface area contributed by atoms with Crippen molar-refractivity contribution in [2.24, 2.45) is 5.73 Å². The highest BCUT2D eigenvalue weighted by atomic mass is 32.2. The molecule has 0 aromatic carbocycles. The number of hydrogen-bond donors (Lipinski definition) is 2. The van der Waals surface area contributed by atoms with Crippen molar-refractivity contribution < 1.29 is 9.15 Å². The Hall–Kier alpha value is -2.08. The van der Waals surface area contributed by atoms with Crippen LogP contribution in [0.2, 0.25) is 0 Å². The Kier molecular flexibility index (Phi) is 5.57. The quantitative estimate of drug-likeness (QED) is 0.444. The number of nitriles is 1. The molecule has 8 heteroatoms. The van der Waals surface area contributed by atoms with Crippen LogP contribution in [0, 0.1) is 11.3 Å². The maximum absolute atomic E-state index is 11.9. The predicted molar refractivity (Wildman–Crippen MR) is 77.9 cm³/mol. The van der Waals surface area contributed by atoms with E-state index in [1.54, 1.807) is 12.1 Å². The Morgan fingerprint density at radius 2 is 2.38 bits per heavy atom. The maximum atomic E-state index is 11.9. The van der Waals surface area contributed by atoms with Gasteiger partial charge in [-0.3, -0.25) is 4.79 Å². The number of furan rings is 1. The minimum atomic E-state index is -0.482. The first kappa shape index (κ1) is 15.3. The summed E-state index contributed by atoms with van der Waals surface area (Å²) in [5.74, 6) is 1.01. The largest absolute Gasteiger partial charge is 0.463 e. The van der Waals surface area contributed by atoms with Crippen LogP contribution in [0.1, 0.15) is 5.56 Å². The molecular weight excluding hydrogens is 292 g/mol. The van der Waals surface area contributed by atoms with Gasteiger partial charge in [0.05, 0.1) is 19.5 Å². The summed E-state index contributed by atoms with van der Waals surface area (Å²) in [4.78, 5) is 18.7. The molecule has 0 bridgehead atoms. The zero-order valence-corrected chi connectivity index (χ0v) is 12.0. The Morgan fingerprint density at radius 3 is 3.05 bits per heavy atom. The maximum Gasteiger partial charge on any atom is 0.270 e. The number of aromatic amines is 1. The molecule has 0 saturated carbocycles. The van der Waals surface area contributed by atoms with Gasteiger partial charge in [-0.1, -0.05) is 11.8 Å². The van der Waals surface area contributed by atoms with Gasteiger partial charge < -0.3 is 19.9 Å². The number of nitrogens with one attached hydrogen (secondary N) is 1. The first-order valence-electron chi connectivity index (χ1n) is 6.25. The first-order valence-corrected chi connectivity index (χ1v) is 7.23. The highest BCUT2D eigenvalue weighted by Crippen LogP contribution is 2.22. The van der Waals surface area contributed by atoms with E-state index >= 15 is 0 Å². The summed E-state index contributed by atoms with van der Waals surface area (Å²) in [6.07, 6.45) is 1.47. The number of aromatic nitrogens is 2. The van der Waals surface area contributed by atoms with Crippen LogP contribution in [-0.4, -0.2) is 35.5 Å². The molecule has 0 saturated heterocycles. The van der Waals surface area contributed by atoms with E-state index in [2.05, 4.69) is 9.97 Å². The molecule has 2 rings (SSSR count). The smallest absolute Gasteiger partial charge is 0.270 e. The molecule has 2 aromatic heterocycles. The van der Waals surface area contributed by atoms with Crippen molar-refractivity contribution in [3.63, 3.8) is 0 Å². The molecule has 0 amide bonds. The van der Waals surface area contributed by atoms with Gasteiger partial charge in [-0.15, -0.1) is 0 Å². The average molecular weight is 306 g/mol. The summed E-state index contributed by atoms with van der Waals surface area (Å²) < 4.78 is 10.5. The average Bonchev–Trinajstić information content (AvgIpc) is 3.00. The molecule has 110 valence electrons. The van der Waals surface area contributed by atoms with Gasteiger partial charge in [0.15, 0.2) is 10.9 Å². The second-order valence-electron chi connectivity index (χ2n) is 3.93. The number of nitrogens with two attached hydrogens (primary N) is 1. The fourth-order valence-corrected chi connectivity index (χ4v) is 2.31. The standard InChI is InChI=1S/C13H14N4O3S/c14-3-5-19-6-7-21-13-16-11(10-2-1-4-20-10)9(8-15)12(18)17-13/h1-2,4H,3,5-7,14H2,(H,16,17,18). The molecule has 21 heavy (non-hydrogen) atoms. The Labute approximate surface area is 125 Å². The summed E-state index contributed by atoms with van der Waals surface area (Å²) in [5.41, 5.74) is 5.02. The SMILES string of the molecule is N#Cc1c(-c2ccco2)nc(SCCOCCN)[nH]c1=O. The number of nitrogens with zero attached hydrogens (tertiary/aromatic N) is 2. The third-order valence-electron chi connectivity index (χ3n) is 2.49. The number of hydrogen-bond acceptors (Lipinski definition) is 7. The van der Waals surface area contributed by atoms with Crippen molar-refractivity contribution >= 4 is 11.8 Å². The second kappa shape index (κ2) is 7.64. The topological polar surface area (TPSA) is 118 Å². The molecule has 0 atom stereocenters. The van der Waals surface area contributed by atoms with Crippen LogP contribution in [0.25, 0.3) is 11.5 Å². The Bertz CT molecular complexity index is 676. The molecule has 0 radical (unpaired) electrons. The lowest BCUT2D eigenvalue weighted by Crippen LogP contribution is -2.15. The summed E-state index contributed by atoms with van der Waals surface area (Å²) >= 11 is 1.33. The van der Waals surface area contributed by atoms with E-state index in [9.17, 15) is 4.79 Å². The number of ether oxygens (including phenoxy) is 1. The van der Waals surface area contributed by atoms with Crippen LogP contribution in [0.15, 0.2) is 32.8 Å². The molecule has 0 aliphatic heterocycles. The number of H-pyrrole nitrogens is 1. The minimum Gasteiger partial charge on any atom is -0.463 e. The molecule has 0 unspecified atom stereocenters. The van der Waals surface area contributed by atoms with E-state index in [0.29, 0.717) is 36.4 Å². The normalized spacial score (nSPS) is 10.5. The molecule has 0 spiro atoms. The highest BCUT2D eigenvalue weighted by molar-refractivity contribution is 7.99. The van der Waals surface area contributed by atoms with Crippen LogP contribution in [0.4, 0.5) is 0 Å². The monoisotopic (exact) mass is 306 g/mol. The molecule has 0 aliphatic carbocycles. The van der Waals surface area contributed by atoms with Gasteiger partial charge >= 0.3 is 0 Å². The lowest BCUT2D eigenvalue weighted by atomic mass is 10.2. The van der Waals surface area contributed by atoms with Crippen molar-refractivity contribution in [2.45, 2.75) is 5.16 Å². The van der Waals surface area contributed by atoms with E-state index < -0.39 is 5.56 Å². The summed E-state index contributed by atoms with van der Waals surface area (Å²) in [7, 11) is 0. The molecule has 3 N–H and O–H groups in total. The van der Waals surface area contributed by atoms with E-state index in [0.717, 1.165) is 0 Å². The molecule has 0 fully saturated rings. The number of rotatable bonds is 7. The fourth-order valence-electron chi connectivity index (χ4n) is 1.60. The highest BCUT2D eigenvalue weighted by Gasteiger charge is 2.15. The van der Waals surface area contributed by atoms with Crippen molar-refractivity contribution in [3.05, 3.63) is 34.3 Å². The summed E-state index contributed by atoms with van der Waals surface area (Å²) in [6, 6.07) is 5.18.